The Morgan fingerprint density at radius 2 is 1.88 bits per heavy atom. The van der Waals surface area contributed by atoms with E-state index in [9.17, 15) is 0 Å². The molecule has 3 aromatic rings. The number of aromatic nitrogens is 2. The SMILES string of the molecule is Cc1cc(C)c(/C=C2\N=C(c3cc4ccccc4[nH]3)C=C2OC(C)C)[nH]1. The molecule has 0 spiro atoms. The van der Waals surface area contributed by atoms with Gasteiger partial charge in [0.25, 0.3) is 0 Å². The fraction of sp³-hybridized carbons (Fsp3) is 0.227. The molecule has 0 aliphatic carbocycles. The minimum absolute atomic E-state index is 0.0911. The third kappa shape index (κ3) is 3.10. The lowest BCUT2D eigenvalue weighted by Gasteiger charge is -2.11. The topological polar surface area (TPSA) is 53.2 Å². The van der Waals surface area contributed by atoms with Crippen LogP contribution in [0.15, 0.2) is 58.9 Å². The van der Waals surface area contributed by atoms with Crippen LogP contribution in [0.4, 0.5) is 0 Å². The van der Waals surface area contributed by atoms with Gasteiger partial charge in [0, 0.05) is 28.4 Å². The number of aromatic amines is 2. The Morgan fingerprint density at radius 3 is 2.58 bits per heavy atom. The molecule has 132 valence electrons. The van der Waals surface area contributed by atoms with Crippen molar-refractivity contribution in [2.24, 2.45) is 4.99 Å². The van der Waals surface area contributed by atoms with E-state index < -0.39 is 0 Å². The maximum atomic E-state index is 6.02. The molecule has 0 radical (unpaired) electrons. The standard InChI is InChI=1S/C22H23N3O/c1-13(2)26-22-12-20(19-10-16-7-5-6-8-17(16)24-19)25-21(22)11-18-14(3)9-15(4)23-18/h5-13,23-24H,1-4H3/b21-11-. The number of nitrogens with one attached hydrogen (secondary N) is 2. The van der Waals surface area contributed by atoms with Crippen LogP contribution in [0.5, 0.6) is 0 Å². The molecule has 0 saturated carbocycles. The zero-order chi connectivity index (χ0) is 18.3. The number of rotatable bonds is 4. The van der Waals surface area contributed by atoms with Gasteiger partial charge in [0.05, 0.1) is 17.5 Å². The number of nitrogens with zero attached hydrogens (tertiary/aromatic N) is 1. The maximum Gasteiger partial charge on any atom is 0.147 e. The summed E-state index contributed by atoms with van der Waals surface area (Å²) in [6.07, 6.45) is 4.17. The molecule has 2 aromatic heterocycles. The van der Waals surface area contributed by atoms with E-state index in [1.807, 2.05) is 32.1 Å². The molecule has 26 heavy (non-hydrogen) atoms. The van der Waals surface area contributed by atoms with E-state index >= 15 is 0 Å². The minimum Gasteiger partial charge on any atom is -0.489 e. The second-order valence-corrected chi connectivity index (χ2v) is 7.02. The molecule has 0 atom stereocenters. The number of hydrogen-bond acceptors (Lipinski definition) is 2. The van der Waals surface area contributed by atoms with Crippen LogP contribution in [0, 0.1) is 13.8 Å². The van der Waals surface area contributed by atoms with Gasteiger partial charge in [-0.1, -0.05) is 18.2 Å². The van der Waals surface area contributed by atoms with Crippen molar-refractivity contribution in [3.8, 4) is 0 Å². The van der Waals surface area contributed by atoms with Crippen LogP contribution < -0.4 is 0 Å². The van der Waals surface area contributed by atoms with E-state index in [4.69, 9.17) is 9.73 Å². The average molecular weight is 345 g/mol. The van der Waals surface area contributed by atoms with Crippen LogP contribution in [0.3, 0.4) is 0 Å². The van der Waals surface area contributed by atoms with Gasteiger partial charge >= 0.3 is 0 Å². The third-order valence-corrected chi connectivity index (χ3v) is 4.40. The van der Waals surface area contributed by atoms with Gasteiger partial charge in [-0.25, -0.2) is 4.99 Å². The van der Waals surface area contributed by atoms with Gasteiger partial charge in [-0.2, -0.15) is 0 Å². The number of fused-ring (bicyclic) bond motifs is 1. The van der Waals surface area contributed by atoms with Crippen molar-refractivity contribution < 1.29 is 4.74 Å². The van der Waals surface area contributed by atoms with Gasteiger partial charge in [0.1, 0.15) is 11.5 Å². The Morgan fingerprint density at radius 1 is 1.08 bits per heavy atom. The number of hydrogen-bond donors (Lipinski definition) is 2. The number of ether oxygens (including phenoxy) is 1. The normalized spacial score (nSPS) is 15.8. The fourth-order valence-electron chi connectivity index (χ4n) is 3.25. The van der Waals surface area contributed by atoms with Crippen molar-refractivity contribution in [1.29, 1.82) is 0 Å². The lowest BCUT2D eigenvalue weighted by atomic mass is 10.2. The summed E-state index contributed by atoms with van der Waals surface area (Å²) in [5.41, 5.74) is 7.26. The summed E-state index contributed by atoms with van der Waals surface area (Å²) in [4.78, 5) is 11.7. The molecule has 0 amide bonds. The van der Waals surface area contributed by atoms with Crippen molar-refractivity contribution in [2.45, 2.75) is 33.8 Å². The van der Waals surface area contributed by atoms with Crippen molar-refractivity contribution in [3.63, 3.8) is 0 Å². The van der Waals surface area contributed by atoms with E-state index in [1.165, 1.54) is 10.9 Å². The number of para-hydroxylation sites is 1. The van der Waals surface area contributed by atoms with Gasteiger partial charge in [0.2, 0.25) is 0 Å². The van der Waals surface area contributed by atoms with E-state index in [-0.39, 0.29) is 6.10 Å². The van der Waals surface area contributed by atoms with Crippen LogP contribution in [0.2, 0.25) is 0 Å². The number of H-pyrrole nitrogens is 2. The summed E-state index contributed by atoms with van der Waals surface area (Å²) < 4.78 is 6.02. The Balaban J connectivity index is 1.77. The Bertz CT molecular complexity index is 1030. The van der Waals surface area contributed by atoms with E-state index in [0.29, 0.717) is 0 Å². The Labute approximate surface area is 153 Å². The van der Waals surface area contributed by atoms with E-state index in [2.05, 4.69) is 54.2 Å². The Kier molecular flexibility index (Phi) is 4.03. The van der Waals surface area contributed by atoms with Crippen LogP contribution in [0.1, 0.15) is 36.5 Å². The van der Waals surface area contributed by atoms with Gasteiger partial charge < -0.3 is 14.7 Å². The van der Waals surface area contributed by atoms with E-state index in [1.54, 1.807) is 0 Å². The molecule has 1 aromatic carbocycles. The summed E-state index contributed by atoms with van der Waals surface area (Å²) in [6.45, 7) is 8.22. The van der Waals surface area contributed by atoms with Crippen molar-refractivity contribution in [1.82, 2.24) is 9.97 Å². The molecule has 3 heterocycles. The van der Waals surface area contributed by atoms with Crippen LogP contribution >= 0.6 is 0 Å². The summed E-state index contributed by atoms with van der Waals surface area (Å²) in [6, 6.07) is 12.5. The molecular weight excluding hydrogens is 322 g/mol. The first-order valence-electron chi connectivity index (χ1n) is 8.93. The predicted molar refractivity (Wildman–Crippen MR) is 107 cm³/mol. The fourth-order valence-corrected chi connectivity index (χ4v) is 3.25. The minimum atomic E-state index is 0.0911. The highest BCUT2D eigenvalue weighted by atomic mass is 16.5. The van der Waals surface area contributed by atoms with Crippen LogP contribution in [-0.2, 0) is 4.74 Å². The number of aliphatic imine (C=N–C) groups is 1. The van der Waals surface area contributed by atoms with E-state index in [0.717, 1.165) is 39.8 Å². The average Bonchev–Trinajstić information content (AvgIpc) is 3.25. The molecule has 0 unspecified atom stereocenters. The molecule has 4 nitrogen and oxygen atoms in total. The molecular formula is C22H23N3O. The first kappa shape index (κ1) is 16.5. The first-order valence-corrected chi connectivity index (χ1v) is 8.93. The van der Waals surface area contributed by atoms with Crippen molar-refractivity contribution in [3.05, 3.63) is 76.6 Å². The number of allylic oxidation sites excluding steroid dienone is 1. The summed E-state index contributed by atoms with van der Waals surface area (Å²) in [7, 11) is 0. The van der Waals surface area contributed by atoms with Crippen molar-refractivity contribution in [2.75, 3.05) is 0 Å². The van der Waals surface area contributed by atoms with Gasteiger partial charge in [-0.05, 0) is 57.5 Å². The van der Waals surface area contributed by atoms with Crippen LogP contribution in [-0.4, -0.2) is 21.8 Å². The zero-order valence-electron chi connectivity index (χ0n) is 15.6. The Hall–Kier alpha value is -3.01. The summed E-state index contributed by atoms with van der Waals surface area (Å²) in [5.74, 6) is 0.806. The summed E-state index contributed by atoms with van der Waals surface area (Å²) >= 11 is 0. The first-order chi connectivity index (χ1) is 12.5. The quantitative estimate of drug-likeness (QED) is 0.665. The molecule has 0 fully saturated rings. The van der Waals surface area contributed by atoms with Crippen molar-refractivity contribution >= 4 is 22.7 Å². The highest BCUT2D eigenvalue weighted by Gasteiger charge is 2.20. The smallest absolute Gasteiger partial charge is 0.147 e. The van der Waals surface area contributed by atoms with Gasteiger partial charge in [-0.3, -0.25) is 0 Å². The highest BCUT2D eigenvalue weighted by Crippen LogP contribution is 2.28. The monoisotopic (exact) mass is 345 g/mol. The highest BCUT2D eigenvalue weighted by molar-refractivity contribution is 6.13. The van der Waals surface area contributed by atoms with Gasteiger partial charge in [0.15, 0.2) is 0 Å². The predicted octanol–water partition coefficient (Wildman–Crippen LogP) is 5.27. The second-order valence-electron chi connectivity index (χ2n) is 7.02. The zero-order valence-corrected chi connectivity index (χ0v) is 15.6. The maximum absolute atomic E-state index is 6.02. The molecule has 2 N–H and O–H groups in total. The molecule has 1 aliphatic heterocycles. The molecule has 0 bridgehead atoms. The molecule has 4 heteroatoms. The third-order valence-electron chi connectivity index (χ3n) is 4.40. The lowest BCUT2D eigenvalue weighted by molar-refractivity contribution is 0.155. The molecule has 1 aliphatic rings. The van der Waals surface area contributed by atoms with Gasteiger partial charge in [-0.15, -0.1) is 0 Å². The molecule has 0 saturated heterocycles. The number of aryl methyl sites for hydroxylation is 2. The largest absolute Gasteiger partial charge is 0.489 e. The molecule has 4 rings (SSSR count). The number of benzene rings is 1. The summed E-state index contributed by atoms with van der Waals surface area (Å²) in [5, 5.41) is 1.18. The second kappa shape index (κ2) is 6.37. The lowest BCUT2D eigenvalue weighted by Crippen LogP contribution is -2.02. The van der Waals surface area contributed by atoms with Crippen LogP contribution in [0.25, 0.3) is 17.0 Å².